The highest BCUT2D eigenvalue weighted by molar-refractivity contribution is 5.75. The lowest BCUT2D eigenvalue weighted by Gasteiger charge is -2.24. The predicted molar refractivity (Wildman–Crippen MR) is 79.4 cm³/mol. The number of alkyl halides is 5. The van der Waals surface area contributed by atoms with Crippen LogP contribution in [-0.2, 0) is 14.3 Å². The van der Waals surface area contributed by atoms with E-state index in [1.807, 2.05) is 0 Å². The third kappa shape index (κ3) is 9.20. The van der Waals surface area contributed by atoms with Crippen LogP contribution in [0.4, 0.5) is 22.0 Å². The Morgan fingerprint density at radius 1 is 1.00 bits per heavy atom. The molecule has 24 heavy (non-hydrogen) atoms. The van der Waals surface area contributed by atoms with Gasteiger partial charge < -0.3 is 4.74 Å². The van der Waals surface area contributed by atoms with Gasteiger partial charge in [0.1, 0.15) is 0 Å². The van der Waals surface area contributed by atoms with Crippen LogP contribution < -0.4 is 0 Å². The van der Waals surface area contributed by atoms with Crippen molar-refractivity contribution in [3.05, 3.63) is 12.8 Å². The third-order valence-electron chi connectivity index (χ3n) is 3.40. The van der Waals surface area contributed by atoms with Gasteiger partial charge in [-0.15, -0.1) is 0 Å². The minimum atomic E-state index is -5.89. The van der Waals surface area contributed by atoms with Crippen LogP contribution in [0, 0.1) is 0 Å². The average molecular weight is 360 g/mol. The summed E-state index contributed by atoms with van der Waals surface area (Å²) in [4.78, 5) is 11.5. The Bertz CT molecular complexity index is 369. The zero-order valence-electron chi connectivity index (χ0n) is 13.8. The van der Waals surface area contributed by atoms with Gasteiger partial charge in [-0.2, -0.15) is 22.0 Å². The second-order valence-electron chi connectivity index (χ2n) is 5.49. The number of hydrogen-bond donors (Lipinski definition) is 0. The van der Waals surface area contributed by atoms with E-state index in [0.717, 1.165) is 38.5 Å². The number of esters is 1. The number of halogens is 5. The van der Waals surface area contributed by atoms with E-state index in [0.29, 0.717) is 19.1 Å². The maximum absolute atomic E-state index is 12.9. The quantitative estimate of drug-likeness (QED) is 0.182. The first-order valence-corrected chi connectivity index (χ1v) is 8.09. The lowest BCUT2D eigenvalue weighted by molar-refractivity contribution is -0.399. The summed E-state index contributed by atoms with van der Waals surface area (Å²) in [5, 5.41) is 0. The minimum absolute atomic E-state index is 0.271. The summed E-state index contributed by atoms with van der Waals surface area (Å²) >= 11 is 0. The van der Waals surface area contributed by atoms with Gasteiger partial charge in [0, 0.05) is 0 Å². The molecule has 0 aromatic heterocycles. The maximum Gasteiger partial charge on any atom is 0.482 e. The summed E-state index contributed by atoms with van der Waals surface area (Å²) in [5.74, 6) is -1.31. The molecule has 0 aromatic carbocycles. The molecule has 8 heteroatoms. The van der Waals surface area contributed by atoms with E-state index in [1.165, 1.54) is 0 Å². The molecule has 142 valence electrons. The monoisotopic (exact) mass is 360 g/mol. The second-order valence-corrected chi connectivity index (χ2v) is 5.49. The number of ether oxygens (including phenoxy) is 2. The summed E-state index contributed by atoms with van der Waals surface area (Å²) < 4.78 is 70.4. The summed E-state index contributed by atoms with van der Waals surface area (Å²) in [6.07, 6.45) is -5.76. The highest BCUT2D eigenvalue weighted by Crippen LogP contribution is 2.38. The summed E-state index contributed by atoms with van der Waals surface area (Å²) in [7, 11) is 0. The fraction of sp³-hybridized carbons (Fsp3) is 0.812. The lowest BCUT2D eigenvalue weighted by atomic mass is 10.1. The van der Waals surface area contributed by atoms with Crippen LogP contribution in [0.3, 0.4) is 0 Å². The molecule has 0 rings (SSSR count). The van der Waals surface area contributed by atoms with E-state index in [2.05, 4.69) is 23.0 Å². The number of rotatable bonds is 13. The molecule has 1 atom stereocenters. The molecular formula is C16H25F5O3. The molecule has 0 aromatic rings. The minimum Gasteiger partial charge on any atom is -0.433 e. The van der Waals surface area contributed by atoms with E-state index in [4.69, 9.17) is 0 Å². The van der Waals surface area contributed by atoms with Gasteiger partial charge in [-0.3, -0.25) is 4.74 Å². The number of carbonyl (C=O) groups is 1. The standard InChI is InChI=1S/C16H25F5O3/c1-3-5-6-7-8-9-10-11-12-13(14(22)23-4-2)24-16(20,21)15(17,18)19/h4,13H,2-3,5-12H2,1H3. The van der Waals surface area contributed by atoms with Gasteiger partial charge in [-0.05, 0) is 6.42 Å². The molecule has 0 saturated heterocycles. The van der Waals surface area contributed by atoms with Crippen molar-refractivity contribution in [2.24, 2.45) is 0 Å². The van der Waals surface area contributed by atoms with Crippen LogP contribution in [0.1, 0.15) is 64.7 Å². The van der Waals surface area contributed by atoms with E-state index in [-0.39, 0.29) is 6.42 Å². The fourth-order valence-corrected chi connectivity index (χ4v) is 2.09. The summed E-state index contributed by atoms with van der Waals surface area (Å²) in [5.41, 5.74) is 0. The average Bonchev–Trinajstić information content (AvgIpc) is 2.47. The summed E-state index contributed by atoms with van der Waals surface area (Å²) in [6.45, 7) is 5.16. The van der Waals surface area contributed by atoms with E-state index >= 15 is 0 Å². The Hall–Kier alpha value is -1.18. The van der Waals surface area contributed by atoms with Crippen molar-refractivity contribution in [2.75, 3.05) is 0 Å². The molecule has 0 aliphatic heterocycles. The first kappa shape index (κ1) is 22.8. The number of hydrogen-bond acceptors (Lipinski definition) is 3. The number of unbranched alkanes of at least 4 members (excludes halogenated alkanes) is 7. The molecule has 0 fully saturated rings. The van der Waals surface area contributed by atoms with Gasteiger partial charge in [0.15, 0.2) is 6.10 Å². The molecule has 0 amide bonds. The first-order valence-electron chi connectivity index (χ1n) is 8.09. The molecule has 0 spiro atoms. The SMILES string of the molecule is C=COC(=O)C(CCCCCCCCCC)OC(F)(F)C(F)(F)F. The second kappa shape index (κ2) is 11.4. The summed E-state index contributed by atoms with van der Waals surface area (Å²) in [6, 6.07) is 0. The number of carbonyl (C=O) groups excluding carboxylic acids is 1. The van der Waals surface area contributed by atoms with Crippen molar-refractivity contribution < 1.29 is 36.2 Å². The van der Waals surface area contributed by atoms with Gasteiger partial charge in [-0.25, -0.2) is 4.79 Å². The van der Waals surface area contributed by atoms with Gasteiger partial charge in [0.2, 0.25) is 0 Å². The van der Waals surface area contributed by atoms with Crippen molar-refractivity contribution in [3.63, 3.8) is 0 Å². The maximum atomic E-state index is 12.9. The Labute approximate surface area is 139 Å². The van der Waals surface area contributed by atoms with Crippen molar-refractivity contribution in [1.29, 1.82) is 0 Å². The molecule has 0 N–H and O–H groups in total. The third-order valence-corrected chi connectivity index (χ3v) is 3.40. The Balaban J connectivity index is 4.34. The van der Waals surface area contributed by atoms with Gasteiger partial charge in [0.05, 0.1) is 6.26 Å². The molecule has 0 bridgehead atoms. The molecule has 0 aliphatic carbocycles. The van der Waals surface area contributed by atoms with Crippen LogP contribution >= 0.6 is 0 Å². The topological polar surface area (TPSA) is 35.5 Å². The molecular weight excluding hydrogens is 335 g/mol. The highest BCUT2D eigenvalue weighted by atomic mass is 19.4. The Morgan fingerprint density at radius 2 is 1.50 bits per heavy atom. The van der Waals surface area contributed by atoms with Gasteiger partial charge in [-0.1, -0.05) is 64.9 Å². The molecule has 0 heterocycles. The highest BCUT2D eigenvalue weighted by Gasteiger charge is 2.61. The Morgan fingerprint density at radius 3 is 1.96 bits per heavy atom. The molecule has 3 nitrogen and oxygen atoms in total. The van der Waals surface area contributed by atoms with Crippen LogP contribution in [0.2, 0.25) is 0 Å². The Kier molecular flexibility index (Phi) is 10.8. The fourth-order valence-electron chi connectivity index (χ4n) is 2.09. The van der Waals surface area contributed by atoms with Crippen molar-refractivity contribution in [2.45, 2.75) is 83.1 Å². The largest absolute Gasteiger partial charge is 0.482 e. The van der Waals surface area contributed by atoms with Gasteiger partial charge >= 0.3 is 18.3 Å². The first-order chi connectivity index (χ1) is 11.2. The molecule has 0 aliphatic rings. The van der Waals surface area contributed by atoms with Crippen molar-refractivity contribution in [3.8, 4) is 0 Å². The molecule has 1 unspecified atom stereocenters. The van der Waals surface area contributed by atoms with E-state index in [9.17, 15) is 26.7 Å². The predicted octanol–water partition coefficient (Wildman–Crippen LogP) is 5.74. The van der Waals surface area contributed by atoms with Crippen LogP contribution in [0.5, 0.6) is 0 Å². The molecule has 0 saturated carbocycles. The van der Waals surface area contributed by atoms with Crippen molar-refractivity contribution >= 4 is 5.97 Å². The lowest BCUT2D eigenvalue weighted by Crippen LogP contribution is -2.44. The van der Waals surface area contributed by atoms with Crippen molar-refractivity contribution in [1.82, 2.24) is 0 Å². The van der Waals surface area contributed by atoms with Gasteiger partial charge in [0.25, 0.3) is 0 Å². The normalized spacial score (nSPS) is 13.6. The smallest absolute Gasteiger partial charge is 0.433 e. The van der Waals surface area contributed by atoms with Crippen LogP contribution in [-0.4, -0.2) is 24.4 Å². The zero-order valence-corrected chi connectivity index (χ0v) is 13.8. The van der Waals surface area contributed by atoms with Crippen LogP contribution in [0.25, 0.3) is 0 Å². The van der Waals surface area contributed by atoms with E-state index < -0.39 is 24.4 Å². The van der Waals surface area contributed by atoms with Crippen LogP contribution in [0.15, 0.2) is 12.8 Å². The molecule has 0 radical (unpaired) electrons. The zero-order chi connectivity index (χ0) is 18.6. The van der Waals surface area contributed by atoms with E-state index in [1.54, 1.807) is 0 Å².